The van der Waals surface area contributed by atoms with E-state index in [1.54, 1.807) is 7.11 Å². The Balaban J connectivity index is 2.26. The molecule has 1 aromatic carbocycles. The van der Waals surface area contributed by atoms with Crippen molar-refractivity contribution in [2.75, 3.05) is 12.4 Å². The Morgan fingerprint density at radius 2 is 1.91 bits per heavy atom. The summed E-state index contributed by atoms with van der Waals surface area (Å²) in [7, 11) is -3.78. The topological polar surface area (TPSA) is 55.4 Å². The van der Waals surface area contributed by atoms with Gasteiger partial charge in [-0.3, -0.25) is 0 Å². The first-order valence-electron chi connectivity index (χ1n) is 6.95. The SMILES string of the molecule is COC1CCCC(Nc2ccccc2S(=O)(=O)C(F)(F)F)C1. The van der Waals surface area contributed by atoms with Crippen LogP contribution in [0.2, 0.25) is 0 Å². The summed E-state index contributed by atoms with van der Waals surface area (Å²) in [6, 6.07) is 5.01. The predicted octanol–water partition coefficient (Wildman–Crippen LogP) is 3.35. The van der Waals surface area contributed by atoms with Gasteiger partial charge in [-0.15, -0.1) is 0 Å². The maximum Gasteiger partial charge on any atom is 0.501 e. The minimum absolute atomic E-state index is 0.0124. The second kappa shape index (κ2) is 6.45. The molecule has 1 aromatic rings. The van der Waals surface area contributed by atoms with E-state index >= 15 is 0 Å². The number of anilines is 1. The number of sulfone groups is 1. The maximum atomic E-state index is 12.8. The first-order valence-corrected chi connectivity index (χ1v) is 8.43. The summed E-state index contributed by atoms with van der Waals surface area (Å²) < 4.78 is 66.8. The van der Waals surface area contributed by atoms with Crippen molar-refractivity contribution in [2.45, 2.75) is 48.2 Å². The van der Waals surface area contributed by atoms with Gasteiger partial charge in [0.25, 0.3) is 9.84 Å². The lowest BCUT2D eigenvalue weighted by Crippen LogP contribution is -2.32. The van der Waals surface area contributed by atoms with Crippen molar-refractivity contribution in [1.82, 2.24) is 0 Å². The number of benzene rings is 1. The number of hydrogen-bond acceptors (Lipinski definition) is 4. The maximum absolute atomic E-state index is 12.8. The molecule has 1 aliphatic carbocycles. The lowest BCUT2D eigenvalue weighted by Gasteiger charge is -2.30. The lowest BCUT2D eigenvalue weighted by atomic mass is 9.92. The Morgan fingerprint density at radius 1 is 1.23 bits per heavy atom. The van der Waals surface area contributed by atoms with Crippen molar-refractivity contribution in [1.29, 1.82) is 0 Å². The summed E-state index contributed by atoms with van der Waals surface area (Å²) in [6.07, 6.45) is 3.22. The van der Waals surface area contributed by atoms with Crippen LogP contribution in [0.4, 0.5) is 18.9 Å². The van der Waals surface area contributed by atoms with Crippen LogP contribution in [-0.4, -0.2) is 33.2 Å². The van der Waals surface area contributed by atoms with Crippen molar-refractivity contribution in [3.63, 3.8) is 0 Å². The van der Waals surface area contributed by atoms with Crippen LogP contribution in [0.1, 0.15) is 25.7 Å². The summed E-state index contributed by atoms with van der Waals surface area (Å²) in [5.74, 6) is 0. The number of hydrogen-bond donors (Lipinski definition) is 1. The molecule has 0 aliphatic heterocycles. The Hall–Kier alpha value is -1.28. The van der Waals surface area contributed by atoms with E-state index in [-0.39, 0.29) is 17.8 Å². The molecule has 0 saturated heterocycles. The molecule has 4 nitrogen and oxygen atoms in total. The van der Waals surface area contributed by atoms with Crippen LogP contribution in [0.25, 0.3) is 0 Å². The van der Waals surface area contributed by atoms with Gasteiger partial charge in [0.1, 0.15) is 0 Å². The monoisotopic (exact) mass is 337 g/mol. The smallest absolute Gasteiger partial charge is 0.381 e. The molecule has 1 saturated carbocycles. The summed E-state index contributed by atoms with van der Waals surface area (Å²) in [4.78, 5) is -0.734. The van der Waals surface area contributed by atoms with E-state index in [1.165, 1.54) is 18.2 Å². The third-order valence-corrected chi connectivity index (χ3v) is 5.34. The van der Waals surface area contributed by atoms with Gasteiger partial charge in [0, 0.05) is 13.2 Å². The van der Waals surface area contributed by atoms with Gasteiger partial charge in [0.2, 0.25) is 0 Å². The zero-order valence-corrected chi connectivity index (χ0v) is 12.9. The molecule has 124 valence electrons. The zero-order chi connectivity index (χ0) is 16.4. The number of nitrogens with one attached hydrogen (secondary N) is 1. The van der Waals surface area contributed by atoms with E-state index < -0.39 is 20.2 Å². The Bertz CT molecular complexity index is 616. The average molecular weight is 337 g/mol. The quantitative estimate of drug-likeness (QED) is 0.915. The minimum Gasteiger partial charge on any atom is -0.381 e. The van der Waals surface area contributed by atoms with Gasteiger partial charge in [-0.25, -0.2) is 8.42 Å². The number of alkyl halides is 3. The van der Waals surface area contributed by atoms with Crippen molar-refractivity contribution < 1.29 is 26.3 Å². The molecule has 1 aliphatic rings. The van der Waals surface area contributed by atoms with Crippen LogP contribution in [-0.2, 0) is 14.6 Å². The van der Waals surface area contributed by atoms with Crippen molar-refractivity contribution >= 4 is 15.5 Å². The van der Waals surface area contributed by atoms with Gasteiger partial charge >= 0.3 is 5.51 Å². The second-order valence-electron chi connectivity index (χ2n) is 5.31. The van der Waals surface area contributed by atoms with E-state index in [9.17, 15) is 21.6 Å². The average Bonchev–Trinajstić information content (AvgIpc) is 2.46. The Morgan fingerprint density at radius 3 is 2.55 bits per heavy atom. The molecule has 2 rings (SSSR count). The second-order valence-corrected chi connectivity index (χ2v) is 7.22. The van der Waals surface area contributed by atoms with E-state index in [0.29, 0.717) is 6.42 Å². The van der Waals surface area contributed by atoms with E-state index in [2.05, 4.69) is 5.32 Å². The fourth-order valence-electron chi connectivity index (χ4n) is 2.65. The Kier molecular flexibility index (Phi) is 5.01. The molecule has 22 heavy (non-hydrogen) atoms. The van der Waals surface area contributed by atoms with Crippen LogP contribution < -0.4 is 5.32 Å². The van der Waals surface area contributed by atoms with Crippen molar-refractivity contribution in [2.24, 2.45) is 0 Å². The molecule has 2 atom stereocenters. The van der Waals surface area contributed by atoms with E-state index in [4.69, 9.17) is 4.74 Å². The fraction of sp³-hybridized carbons (Fsp3) is 0.571. The molecule has 1 fully saturated rings. The highest BCUT2D eigenvalue weighted by molar-refractivity contribution is 7.92. The molecule has 0 heterocycles. The van der Waals surface area contributed by atoms with Gasteiger partial charge in [-0.2, -0.15) is 13.2 Å². The minimum atomic E-state index is -5.37. The third kappa shape index (κ3) is 3.55. The van der Waals surface area contributed by atoms with Crippen LogP contribution in [0, 0.1) is 0 Å². The van der Waals surface area contributed by atoms with Crippen LogP contribution >= 0.6 is 0 Å². The molecule has 0 amide bonds. The van der Waals surface area contributed by atoms with Gasteiger partial charge in [0.05, 0.1) is 16.7 Å². The van der Waals surface area contributed by atoms with E-state index in [1.807, 2.05) is 0 Å². The van der Waals surface area contributed by atoms with Crippen LogP contribution in [0.3, 0.4) is 0 Å². The lowest BCUT2D eigenvalue weighted by molar-refractivity contribution is -0.0435. The fourth-order valence-corrected chi connectivity index (χ4v) is 3.58. The normalized spacial score (nSPS) is 23.3. The van der Waals surface area contributed by atoms with Gasteiger partial charge in [0.15, 0.2) is 0 Å². The molecule has 8 heteroatoms. The predicted molar refractivity (Wildman–Crippen MR) is 76.4 cm³/mol. The zero-order valence-electron chi connectivity index (χ0n) is 12.1. The third-order valence-electron chi connectivity index (χ3n) is 3.80. The molecular formula is C14H18F3NO3S. The molecule has 2 unspecified atom stereocenters. The number of rotatable bonds is 4. The summed E-state index contributed by atoms with van der Waals surface area (Å²) >= 11 is 0. The molecule has 0 bridgehead atoms. The number of ether oxygens (including phenoxy) is 1. The van der Waals surface area contributed by atoms with Crippen molar-refractivity contribution in [3.8, 4) is 0 Å². The highest BCUT2D eigenvalue weighted by Gasteiger charge is 2.48. The van der Waals surface area contributed by atoms with Crippen LogP contribution in [0.15, 0.2) is 29.2 Å². The number of halogens is 3. The number of methoxy groups -OCH3 is 1. The molecular weight excluding hydrogens is 319 g/mol. The number of para-hydroxylation sites is 1. The molecule has 0 radical (unpaired) electrons. The standard InChI is InChI=1S/C14H18F3NO3S/c1-21-11-6-4-5-10(9-11)18-12-7-2-3-8-13(12)22(19,20)14(15,16)17/h2-3,7-8,10-11,18H,4-6,9H2,1H3. The first-order chi connectivity index (χ1) is 10.3. The largest absolute Gasteiger partial charge is 0.501 e. The molecule has 0 spiro atoms. The van der Waals surface area contributed by atoms with Gasteiger partial charge in [-0.1, -0.05) is 12.1 Å². The Labute approximate surface area is 127 Å². The van der Waals surface area contributed by atoms with Crippen LogP contribution in [0.5, 0.6) is 0 Å². The molecule has 1 N–H and O–H groups in total. The van der Waals surface area contributed by atoms with Gasteiger partial charge < -0.3 is 10.1 Å². The summed E-state index contributed by atoms with van der Waals surface area (Å²) in [5.41, 5.74) is -5.33. The van der Waals surface area contributed by atoms with Gasteiger partial charge in [-0.05, 0) is 37.8 Å². The van der Waals surface area contributed by atoms with E-state index in [0.717, 1.165) is 25.3 Å². The highest BCUT2D eigenvalue weighted by Crippen LogP contribution is 2.35. The highest BCUT2D eigenvalue weighted by atomic mass is 32.2. The summed E-state index contributed by atoms with van der Waals surface area (Å²) in [6.45, 7) is 0. The first kappa shape index (κ1) is 17.1. The van der Waals surface area contributed by atoms with Crippen molar-refractivity contribution in [3.05, 3.63) is 24.3 Å². The summed E-state index contributed by atoms with van der Waals surface area (Å²) in [5, 5.41) is 2.93. The molecule has 0 aromatic heterocycles.